The summed E-state index contributed by atoms with van der Waals surface area (Å²) in [4.78, 5) is 19.5. The van der Waals surface area contributed by atoms with Crippen molar-refractivity contribution in [3.63, 3.8) is 0 Å². The van der Waals surface area contributed by atoms with Gasteiger partial charge in [-0.25, -0.2) is 0 Å². The van der Waals surface area contributed by atoms with Crippen molar-refractivity contribution in [1.82, 2.24) is 9.88 Å². The maximum Gasteiger partial charge on any atom is 0.124 e. The third kappa shape index (κ3) is 5.42. The van der Waals surface area contributed by atoms with E-state index < -0.39 is 0 Å². The Morgan fingerprint density at radius 1 is 1.11 bits per heavy atom. The average molecular weight is 361 g/mol. The van der Waals surface area contributed by atoms with E-state index in [9.17, 15) is 4.79 Å². The van der Waals surface area contributed by atoms with E-state index in [-0.39, 0.29) is 0 Å². The van der Waals surface area contributed by atoms with Gasteiger partial charge in [0.2, 0.25) is 0 Å². The molecule has 27 heavy (non-hydrogen) atoms. The molecule has 0 aliphatic rings. The van der Waals surface area contributed by atoms with Crippen LogP contribution >= 0.6 is 0 Å². The lowest BCUT2D eigenvalue weighted by atomic mass is 9.98. The number of aldehydes is 1. The summed E-state index contributed by atoms with van der Waals surface area (Å²) in [5.74, 6) is 0. The molecule has 4 heteroatoms. The first-order valence-electron chi connectivity index (χ1n) is 8.83. The van der Waals surface area contributed by atoms with Crippen molar-refractivity contribution in [2.24, 2.45) is 0 Å². The van der Waals surface area contributed by atoms with E-state index in [4.69, 9.17) is 0 Å². The van der Waals surface area contributed by atoms with Crippen molar-refractivity contribution in [1.29, 1.82) is 0 Å². The highest BCUT2D eigenvalue weighted by Crippen LogP contribution is 2.28. The quantitative estimate of drug-likeness (QED) is 0.521. The summed E-state index contributed by atoms with van der Waals surface area (Å²) in [5, 5.41) is 0. The van der Waals surface area contributed by atoms with Crippen LogP contribution < -0.4 is 4.90 Å². The Morgan fingerprint density at radius 3 is 2.52 bits per heavy atom. The second kappa shape index (κ2) is 9.53. The molecule has 2 aromatic rings. The number of carbonyl (C=O) groups excluding carboxylic acids is 1. The fourth-order valence-corrected chi connectivity index (χ4v) is 2.87. The lowest BCUT2D eigenvalue weighted by molar-refractivity contribution is -0.107. The monoisotopic (exact) mass is 361 g/mol. The van der Waals surface area contributed by atoms with Crippen LogP contribution in [0.5, 0.6) is 0 Å². The van der Waals surface area contributed by atoms with Crippen LogP contribution in [0.3, 0.4) is 0 Å². The number of hydrogen-bond donors (Lipinski definition) is 0. The largest absolute Gasteiger partial charge is 0.383 e. The molecule has 0 aliphatic heterocycles. The smallest absolute Gasteiger partial charge is 0.124 e. The summed E-state index contributed by atoms with van der Waals surface area (Å²) < 4.78 is 0. The molecule has 0 radical (unpaired) electrons. The summed E-state index contributed by atoms with van der Waals surface area (Å²) in [6.45, 7) is 3.74. The molecular weight excluding hydrogens is 334 g/mol. The van der Waals surface area contributed by atoms with Gasteiger partial charge in [-0.2, -0.15) is 0 Å². The van der Waals surface area contributed by atoms with Crippen molar-refractivity contribution < 1.29 is 4.79 Å². The lowest BCUT2D eigenvalue weighted by Gasteiger charge is -2.18. The number of anilines is 1. The van der Waals surface area contributed by atoms with E-state index in [1.807, 2.05) is 68.7 Å². The summed E-state index contributed by atoms with van der Waals surface area (Å²) >= 11 is 0. The second-order valence-electron chi connectivity index (χ2n) is 6.71. The Labute approximate surface area is 162 Å². The van der Waals surface area contributed by atoms with Crippen molar-refractivity contribution >= 4 is 17.5 Å². The van der Waals surface area contributed by atoms with E-state index >= 15 is 0 Å². The highest BCUT2D eigenvalue weighted by molar-refractivity contribution is 5.78. The molecule has 2 rings (SSSR count). The van der Waals surface area contributed by atoms with Gasteiger partial charge in [0, 0.05) is 70.0 Å². The standard InChI is InChI=1S/C23H27N3O/c1-6-7-8-20(17-25(2)3)22-14-21(15-24-16-22)18-9-10-23(26(4)5)19(13-18)11-12-27/h6-10,12-17H,1,11H2,2-5H3/b8-7-,20-17+. The van der Waals surface area contributed by atoms with Crippen LogP contribution in [-0.4, -0.2) is 44.4 Å². The Kier molecular flexibility index (Phi) is 7.12. The Bertz CT molecular complexity index is 864. The average Bonchev–Trinajstić information content (AvgIpc) is 2.65. The zero-order chi connectivity index (χ0) is 19.8. The van der Waals surface area contributed by atoms with Crippen LogP contribution in [0.1, 0.15) is 11.1 Å². The fraction of sp³-hybridized carbons (Fsp3) is 0.217. The number of allylic oxidation sites excluding steroid dienone is 4. The van der Waals surface area contributed by atoms with Gasteiger partial charge in [0.25, 0.3) is 0 Å². The molecule has 0 aliphatic carbocycles. The molecule has 0 saturated carbocycles. The minimum atomic E-state index is 0.391. The molecule has 1 aromatic carbocycles. The maximum atomic E-state index is 11.1. The van der Waals surface area contributed by atoms with Crippen LogP contribution in [0.25, 0.3) is 16.7 Å². The van der Waals surface area contributed by atoms with E-state index in [1.165, 1.54) is 0 Å². The van der Waals surface area contributed by atoms with Gasteiger partial charge >= 0.3 is 0 Å². The molecule has 1 heterocycles. The minimum Gasteiger partial charge on any atom is -0.383 e. The fourth-order valence-electron chi connectivity index (χ4n) is 2.87. The molecule has 0 spiro atoms. The number of carbonyl (C=O) groups is 1. The molecule has 0 N–H and O–H groups in total. The van der Waals surface area contributed by atoms with Gasteiger partial charge in [0.15, 0.2) is 0 Å². The first-order valence-corrected chi connectivity index (χ1v) is 8.83. The third-order valence-electron chi connectivity index (χ3n) is 4.08. The molecule has 0 bridgehead atoms. The van der Waals surface area contributed by atoms with Crippen LogP contribution in [0.2, 0.25) is 0 Å². The number of aromatic nitrogens is 1. The van der Waals surface area contributed by atoms with E-state index in [0.29, 0.717) is 6.42 Å². The van der Waals surface area contributed by atoms with Gasteiger partial charge in [-0.15, -0.1) is 0 Å². The highest BCUT2D eigenvalue weighted by atomic mass is 16.1. The number of benzene rings is 1. The van der Waals surface area contributed by atoms with Gasteiger partial charge in [0.05, 0.1) is 0 Å². The van der Waals surface area contributed by atoms with Crippen LogP contribution in [0.15, 0.2) is 67.7 Å². The van der Waals surface area contributed by atoms with E-state index in [0.717, 1.165) is 39.8 Å². The Hall–Kier alpha value is -3.14. The molecular formula is C23H27N3O. The number of rotatable bonds is 8. The SMILES string of the molecule is C=C/C=C\C(=C/N(C)C)c1cncc(-c2ccc(N(C)C)c(CC=O)c2)c1. The van der Waals surface area contributed by atoms with Gasteiger partial charge in [-0.1, -0.05) is 30.9 Å². The minimum absolute atomic E-state index is 0.391. The highest BCUT2D eigenvalue weighted by Gasteiger charge is 2.09. The maximum absolute atomic E-state index is 11.1. The van der Waals surface area contributed by atoms with Crippen LogP contribution in [0, 0.1) is 0 Å². The molecule has 0 atom stereocenters. The summed E-state index contributed by atoms with van der Waals surface area (Å²) in [7, 11) is 7.95. The molecule has 140 valence electrons. The summed E-state index contributed by atoms with van der Waals surface area (Å²) in [6.07, 6.45) is 12.8. The Morgan fingerprint density at radius 2 is 1.89 bits per heavy atom. The molecule has 0 saturated heterocycles. The van der Waals surface area contributed by atoms with Crippen molar-refractivity contribution in [2.75, 3.05) is 33.1 Å². The zero-order valence-electron chi connectivity index (χ0n) is 16.5. The summed E-state index contributed by atoms with van der Waals surface area (Å²) in [5.41, 5.74) is 6.19. The predicted octanol–water partition coefficient (Wildman–Crippen LogP) is 4.20. The second-order valence-corrected chi connectivity index (χ2v) is 6.71. The Balaban J connectivity index is 2.50. The van der Waals surface area contributed by atoms with Crippen LogP contribution in [-0.2, 0) is 11.2 Å². The molecule has 1 aromatic heterocycles. The molecule has 4 nitrogen and oxygen atoms in total. The zero-order valence-corrected chi connectivity index (χ0v) is 16.5. The lowest BCUT2D eigenvalue weighted by Crippen LogP contribution is -2.11. The molecule has 0 unspecified atom stereocenters. The van der Waals surface area contributed by atoms with Crippen molar-refractivity contribution in [3.05, 3.63) is 78.8 Å². The van der Waals surface area contributed by atoms with E-state index in [1.54, 1.807) is 6.08 Å². The van der Waals surface area contributed by atoms with Crippen molar-refractivity contribution in [3.8, 4) is 11.1 Å². The normalized spacial score (nSPS) is 11.5. The predicted molar refractivity (Wildman–Crippen MR) is 115 cm³/mol. The topological polar surface area (TPSA) is 36.4 Å². The number of hydrogen-bond acceptors (Lipinski definition) is 4. The number of pyridine rings is 1. The molecule has 0 amide bonds. The first-order chi connectivity index (χ1) is 13.0. The van der Waals surface area contributed by atoms with E-state index in [2.05, 4.69) is 35.8 Å². The summed E-state index contributed by atoms with van der Waals surface area (Å²) in [6, 6.07) is 8.30. The molecule has 0 fully saturated rings. The van der Waals surface area contributed by atoms with Gasteiger partial charge < -0.3 is 14.6 Å². The first kappa shape index (κ1) is 20.2. The van der Waals surface area contributed by atoms with Crippen molar-refractivity contribution in [2.45, 2.75) is 6.42 Å². The van der Waals surface area contributed by atoms with Crippen LogP contribution in [0.4, 0.5) is 5.69 Å². The third-order valence-corrected chi connectivity index (χ3v) is 4.08. The van der Waals surface area contributed by atoms with Gasteiger partial charge in [0.1, 0.15) is 6.29 Å². The van der Waals surface area contributed by atoms with Gasteiger partial charge in [-0.05, 0) is 34.9 Å². The van der Waals surface area contributed by atoms with Gasteiger partial charge in [-0.3, -0.25) is 4.98 Å². The number of nitrogens with zero attached hydrogens (tertiary/aromatic N) is 3.